The molecule has 0 atom stereocenters. The third kappa shape index (κ3) is 4.55. The summed E-state index contributed by atoms with van der Waals surface area (Å²) in [5.74, 6) is 0.753. The largest absolute Gasteiger partial charge is 0.496 e. The van der Waals surface area contributed by atoms with Crippen LogP contribution in [0.1, 0.15) is 26.3 Å². The molecule has 2 aromatic rings. The standard InChI is InChI=1S/C19H21NO3S/c1-19(2,3)16(21)12-17-20-18(22)15(24-17)11-7-9-13-8-5-6-10-14(13)23-4/h5-12H,1-4H3,(H,20,22)/b9-7+,15-11?,17-12+. The maximum atomic E-state index is 12.0. The number of nitrogens with one attached hydrogen (secondary N) is 1. The molecule has 0 radical (unpaired) electrons. The molecule has 2 rings (SSSR count). The van der Waals surface area contributed by atoms with Gasteiger partial charge in [0.1, 0.15) is 5.75 Å². The Kier molecular flexibility index (Phi) is 5.57. The van der Waals surface area contributed by atoms with E-state index in [9.17, 15) is 9.59 Å². The highest BCUT2D eigenvalue weighted by Gasteiger charge is 2.18. The van der Waals surface area contributed by atoms with E-state index in [1.807, 2.05) is 51.1 Å². The fourth-order valence-electron chi connectivity index (χ4n) is 1.92. The molecular weight excluding hydrogens is 322 g/mol. The molecule has 0 bridgehead atoms. The molecule has 0 aliphatic carbocycles. The number of thiazole rings is 1. The predicted molar refractivity (Wildman–Crippen MR) is 99.6 cm³/mol. The highest BCUT2D eigenvalue weighted by molar-refractivity contribution is 7.07. The second-order valence-electron chi connectivity index (χ2n) is 6.31. The van der Waals surface area contributed by atoms with Gasteiger partial charge in [0.05, 0.1) is 16.3 Å². The number of hydrogen-bond donors (Lipinski definition) is 1. The number of rotatable bonds is 4. The SMILES string of the molecule is COc1ccccc1/C=C/C=c1s/c(=C/C(=O)C(C)(C)C)[nH]c1=O. The van der Waals surface area contributed by atoms with Crippen molar-refractivity contribution in [2.75, 3.05) is 7.11 Å². The van der Waals surface area contributed by atoms with Gasteiger partial charge in [-0.05, 0) is 12.1 Å². The zero-order chi connectivity index (χ0) is 17.7. The van der Waals surface area contributed by atoms with E-state index in [0.29, 0.717) is 9.20 Å². The first-order valence-electron chi connectivity index (χ1n) is 7.58. The minimum absolute atomic E-state index is 0.0175. The van der Waals surface area contributed by atoms with Gasteiger partial charge in [-0.2, -0.15) is 0 Å². The van der Waals surface area contributed by atoms with E-state index in [0.717, 1.165) is 11.3 Å². The summed E-state index contributed by atoms with van der Waals surface area (Å²) in [5.41, 5.74) is 0.269. The zero-order valence-electron chi connectivity index (χ0n) is 14.3. The minimum Gasteiger partial charge on any atom is -0.496 e. The monoisotopic (exact) mass is 343 g/mol. The number of aromatic amines is 1. The Bertz CT molecular complexity index is 926. The molecule has 1 N–H and O–H groups in total. The number of allylic oxidation sites excluding steroid dienone is 1. The predicted octanol–water partition coefficient (Wildman–Crippen LogP) is 2.33. The third-order valence-corrected chi connectivity index (χ3v) is 4.33. The fraction of sp³-hybridized carbons (Fsp3) is 0.263. The second kappa shape index (κ2) is 7.45. The van der Waals surface area contributed by atoms with Crippen LogP contribution in [0.15, 0.2) is 35.1 Å². The van der Waals surface area contributed by atoms with E-state index in [2.05, 4.69) is 4.98 Å². The summed E-state index contributed by atoms with van der Waals surface area (Å²) < 4.78 is 6.40. The molecule has 0 amide bonds. The first kappa shape index (κ1) is 17.9. The molecule has 126 valence electrons. The van der Waals surface area contributed by atoms with Crippen LogP contribution < -0.4 is 19.5 Å². The summed E-state index contributed by atoms with van der Waals surface area (Å²) >= 11 is 1.27. The summed E-state index contributed by atoms with van der Waals surface area (Å²) in [7, 11) is 1.62. The zero-order valence-corrected chi connectivity index (χ0v) is 15.1. The smallest absolute Gasteiger partial charge is 0.266 e. The first-order valence-corrected chi connectivity index (χ1v) is 8.39. The van der Waals surface area contributed by atoms with Crippen molar-refractivity contribution in [3.63, 3.8) is 0 Å². The van der Waals surface area contributed by atoms with Crippen LogP contribution in [-0.4, -0.2) is 17.9 Å². The quantitative estimate of drug-likeness (QED) is 0.927. The lowest BCUT2D eigenvalue weighted by molar-refractivity contribution is -0.119. The Balaban J connectivity index is 2.32. The maximum Gasteiger partial charge on any atom is 0.266 e. The Morgan fingerprint density at radius 2 is 1.96 bits per heavy atom. The van der Waals surface area contributed by atoms with Gasteiger partial charge in [-0.3, -0.25) is 9.59 Å². The number of carbonyl (C=O) groups is 1. The van der Waals surface area contributed by atoms with Crippen LogP contribution >= 0.6 is 11.3 Å². The molecule has 0 spiro atoms. The molecule has 0 aliphatic heterocycles. The Labute approximate surface area is 144 Å². The van der Waals surface area contributed by atoms with Crippen molar-refractivity contribution < 1.29 is 9.53 Å². The lowest BCUT2D eigenvalue weighted by Gasteiger charge is -2.12. The molecule has 4 nitrogen and oxygen atoms in total. The molecular formula is C19H21NO3S. The number of aromatic nitrogens is 1. The second-order valence-corrected chi connectivity index (χ2v) is 7.39. The van der Waals surface area contributed by atoms with Crippen LogP contribution in [0.25, 0.3) is 18.2 Å². The van der Waals surface area contributed by atoms with E-state index in [4.69, 9.17) is 4.74 Å². The van der Waals surface area contributed by atoms with Crippen LogP contribution in [-0.2, 0) is 4.79 Å². The lowest BCUT2D eigenvalue weighted by Crippen LogP contribution is -2.21. The summed E-state index contributed by atoms with van der Waals surface area (Å²) in [4.78, 5) is 26.7. The molecule has 24 heavy (non-hydrogen) atoms. The molecule has 1 aromatic heterocycles. The Hall–Kier alpha value is -2.40. The highest BCUT2D eigenvalue weighted by Crippen LogP contribution is 2.18. The molecule has 5 heteroatoms. The van der Waals surface area contributed by atoms with E-state index in [1.165, 1.54) is 17.4 Å². The Morgan fingerprint density at radius 1 is 1.25 bits per heavy atom. The number of methoxy groups -OCH3 is 1. The number of hydrogen-bond acceptors (Lipinski definition) is 4. The number of carbonyl (C=O) groups excluding carboxylic acids is 1. The van der Waals surface area contributed by atoms with Gasteiger partial charge in [0, 0.05) is 17.1 Å². The number of benzene rings is 1. The van der Waals surface area contributed by atoms with Gasteiger partial charge in [-0.15, -0.1) is 11.3 Å². The number of para-hydroxylation sites is 1. The molecule has 1 aromatic carbocycles. The van der Waals surface area contributed by atoms with E-state index >= 15 is 0 Å². The number of ether oxygens (including phenoxy) is 1. The summed E-state index contributed by atoms with van der Waals surface area (Å²) in [6.07, 6.45) is 6.90. The van der Waals surface area contributed by atoms with Gasteiger partial charge < -0.3 is 9.72 Å². The fourth-order valence-corrected chi connectivity index (χ4v) is 2.75. The van der Waals surface area contributed by atoms with Crippen molar-refractivity contribution in [1.82, 2.24) is 4.98 Å². The molecule has 0 aliphatic rings. The molecule has 0 saturated heterocycles. The number of H-pyrrole nitrogens is 1. The summed E-state index contributed by atoms with van der Waals surface area (Å²) in [6.45, 7) is 5.54. The normalized spacial score (nSPS) is 13.7. The van der Waals surface area contributed by atoms with Gasteiger partial charge in [0.25, 0.3) is 5.56 Å². The van der Waals surface area contributed by atoms with Crippen LogP contribution in [0.5, 0.6) is 5.75 Å². The molecule has 0 fully saturated rings. The van der Waals surface area contributed by atoms with Crippen LogP contribution in [0.4, 0.5) is 0 Å². The number of Topliss-reactive ketones (excluding diaryl/α,β-unsaturated/α-hetero) is 1. The van der Waals surface area contributed by atoms with Crippen LogP contribution in [0.2, 0.25) is 0 Å². The highest BCUT2D eigenvalue weighted by atomic mass is 32.1. The topological polar surface area (TPSA) is 59.2 Å². The first-order chi connectivity index (χ1) is 11.3. The van der Waals surface area contributed by atoms with Crippen molar-refractivity contribution in [2.24, 2.45) is 5.41 Å². The van der Waals surface area contributed by atoms with Crippen LogP contribution in [0.3, 0.4) is 0 Å². The summed E-state index contributed by atoms with van der Waals surface area (Å²) in [5, 5.41) is 0. The summed E-state index contributed by atoms with van der Waals surface area (Å²) in [6, 6.07) is 7.63. The van der Waals surface area contributed by atoms with Gasteiger partial charge in [0.15, 0.2) is 5.78 Å². The Morgan fingerprint density at radius 3 is 2.62 bits per heavy atom. The minimum atomic E-state index is -0.464. The average molecular weight is 343 g/mol. The third-order valence-electron chi connectivity index (χ3n) is 3.34. The molecule has 0 unspecified atom stereocenters. The maximum absolute atomic E-state index is 12.0. The molecule has 0 saturated carbocycles. The van der Waals surface area contributed by atoms with Gasteiger partial charge in [0.2, 0.25) is 0 Å². The van der Waals surface area contributed by atoms with Crippen molar-refractivity contribution in [3.05, 3.63) is 55.5 Å². The van der Waals surface area contributed by atoms with Gasteiger partial charge in [-0.25, -0.2) is 0 Å². The van der Waals surface area contributed by atoms with Gasteiger partial charge >= 0.3 is 0 Å². The van der Waals surface area contributed by atoms with Gasteiger partial charge in [-0.1, -0.05) is 51.1 Å². The van der Waals surface area contributed by atoms with Crippen molar-refractivity contribution in [2.45, 2.75) is 20.8 Å². The van der Waals surface area contributed by atoms with E-state index in [1.54, 1.807) is 19.3 Å². The van der Waals surface area contributed by atoms with Crippen molar-refractivity contribution in [3.8, 4) is 5.75 Å². The molecule has 1 heterocycles. The van der Waals surface area contributed by atoms with E-state index in [-0.39, 0.29) is 11.3 Å². The van der Waals surface area contributed by atoms with Crippen LogP contribution in [0, 0.1) is 5.41 Å². The lowest BCUT2D eigenvalue weighted by atomic mass is 9.91. The van der Waals surface area contributed by atoms with Crippen molar-refractivity contribution >= 4 is 35.3 Å². The number of ketones is 1. The van der Waals surface area contributed by atoms with Crippen molar-refractivity contribution in [1.29, 1.82) is 0 Å². The average Bonchev–Trinajstić information content (AvgIpc) is 2.86. The van der Waals surface area contributed by atoms with E-state index < -0.39 is 5.41 Å².